The lowest BCUT2D eigenvalue weighted by Crippen LogP contribution is -2.41. The van der Waals surface area contributed by atoms with Crippen LogP contribution in [0.3, 0.4) is 0 Å². The summed E-state index contributed by atoms with van der Waals surface area (Å²) >= 11 is 5.45. The van der Waals surface area contributed by atoms with Gasteiger partial charge in [-0.05, 0) is 81.5 Å². The van der Waals surface area contributed by atoms with E-state index in [1.54, 1.807) is 25.3 Å². The first kappa shape index (κ1) is 20.4. The molecule has 1 aromatic carbocycles. The van der Waals surface area contributed by atoms with Gasteiger partial charge in [-0.2, -0.15) is 0 Å². The first-order chi connectivity index (χ1) is 13.7. The fourth-order valence-electron chi connectivity index (χ4n) is 3.39. The highest BCUT2D eigenvalue weighted by Crippen LogP contribution is 2.24. The Hall–Kier alpha value is -2.38. The Balaban J connectivity index is 1.55. The summed E-state index contributed by atoms with van der Waals surface area (Å²) < 4.78 is 10.7. The Morgan fingerprint density at radius 2 is 1.96 bits per heavy atom. The lowest BCUT2D eigenvalue weighted by molar-refractivity contribution is 0.0526. The van der Waals surface area contributed by atoms with Crippen LogP contribution in [0.5, 0.6) is 0 Å². The molecular weight excluding hydrogens is 374 g/mol. The Morgan fingerprint density at radius 1 is 1.21 bits per heavy atom. The normalized spacial score (nSPS) is 15.6. The Bertz CT molecular complexity index is 756. The van der Waals surface area contributed by atoms with E-state index in [4.69, 9.17) is 21.4 Å². The Kier molecular flexibility index (Phi) is 7.45. The van der Waals surface area contributed by atoms with Crippen molar-refractivity contribution < 1.29 is 13.9 Å². The van der Waals surface area contributed by atoms with Crippen LogP contribution in [0.15, 0.2) is 47.1 Å². The SMILES string of the molecule is CCOC(=O)c1ccc(NC(=S)NCC(c2ccco2)N2CCCCC2)cc1. The van der Waals surface area contributed by atoms with Crippen molar-refractivity contribution in [1.29, 1.82) is 0 Å². The largest absolute Gasteiger partial charge is 0.468 e. The first-order valence-electron chi connectivity index (χ1n) is 9.77. The zero-order chi connectivity index (χ0) is 19.8. The zero-order valence-electron chi connectivity index (χ0n) is 16.1. The maximum Gasteiger partial charge on any atom is 0.338 e. The van der Waals surface area contributed by atoms with E-state index in [2.05, 4.69) is 15.5 Å². The molecular formula is C21H27N3O3S. The van der Waals surface area contributed by atoms with Crippen LogP contribution in [0.4, 0.5) is 5.69 Å². The minimum Gasteiger partial charge on any atom is -0.468 e. The van der Waals surface area contributed by atoms with Gasteiger partial charge in [0, 0.05) is 12.2 Å². The van der Waals surface area contributed by atoms with Gasteiger partial charge in [-0.15, -0.1) is 0 Å². The van der Waals surface area contributed by atoms with Crippen molar-refractivity contribution >= 4 is 29.0 Å². The number of piperidine rings is 1. The molecule has 0 saturated carbocycles. The summed E-state index contributed by atoms with van der Waals surface area (Å²) in [4.78, 5) is 14.2. The number of ether oxygens (including phenoxy) is 1. The highest BCUT2D eigenvalue weighted by atomic mass is 32.1. The molecule has 1 aliphatic heterocycles. The van der Waals surface area contributed by atoms with E-state index in [9.17, 15) is 4.79 Å². The zero-order valence-corrected chi connectivity index (χ0v) is 17.0. The summed E-state index contributed by atoms with van der Waals surface area (Å²) in [6, 6.07) is 11.2. The fraction of sp³-hybridized carbons (Fsp3) is 0.429. The van der Waals surface area contributed by atoms with Crippen LogP contribution in [-0.2, 0) is 4.74 Å². The van der Waals surface area contributed by atoms with Crippen molar-refractivity contribution in [3.63, 3.8) is 0 Å². The molecule has 1 unspecified atom stereocenters. The standard InChI is InChI=1S/C21H27N3O3S/c1-2-26-20(25)16-8-10-17(11-9-16)23-21(28)22-15-18(19-7-6-14-27-19)24-12-4-3-5-13-24/h6-11,14,18H,2-5,12-13,15H2,1H3,(H2,22,23,28). The van der Waals surface area contributed by atoms with Crippen molar-refractivity contribution in [2.45, 2.75) is 32.2 Å². The number of nitrogens with one attached hydrogen (secondary N) is 2. The van der Waals surface area contributed by atoms with Gasteiger partial charge < -0.3 is 19.8 Å². The van der Waals surface area contributed by atoms with Gasteiger partial charge in [0.1, 0.15) is 5.76 Å². The molecule has 6 nitrogen and oxygen atoms in total. The van der Waals surface area contributed by atoms with Crippen molar-refractivity contribution in [3.8, 4) is 0 Å². The summed E-state index contributed by atoms with van der Waals surface area (Å²) in [5, 5.41) is 7.00. The molecule has 150 valence electrons. The van der Waals surface area contributed by atoms with E-state index >= 15 is 0 Å². The molecule has 1 saturated heterocycles. The molecule has 0 bridgehead atoms. The van der Waals surface area contributed by atoms with E-state index in [0.717, 1.165) is 24.5 Å². The molecule has 0 amide bonds. The number of likely N-dealkylation sites (tertiary alicyclic amines) is 1. The molecule has 0 radical (unpaired) electrons. The van der Waals surface area contributed by atoms with Crippen LogP contribution < -0.4 is 10.6 Å². The second-order valence-electron chi connectivity index (χ2n) is 6.76. The number of benzene rings is 1. The van der Waals surface area contributed by atoms with E-state index < -0.39 is 0 Å². The minimum absolute atomic E-state index is 0.154. The number of carbonyl (C=O) groups is 1. The summed E-state index contributed by atoms with van der Waals surface area (Å²) in [6.07, 6.45) is 5.43. The molecule has 1 aromatic heterocycles. The number of rotatable bonds is 7. The molecule has 1 aliphatic rings. The molecule has 1 fully saturated rings. The van der Waals surface area contributed by atoms with Crippen LogP contribution in [0.25, 0.3) is 0 Å². The van der Waals surface area contributed by atoms with Gasteiger partial charge in [0.25, 0.3) is 0 Å². The molecule has 28 heavy (non-hydrogen) atoms. The van der Waals surface area contributed by atoms with Crippen LogP contribution in [0, 0.1) is 0 Å². The smallest absolute Gasteiger partial charge is 0.338 e. The van der Waals surface area contributed by atoms with Crippen LogP contribution in [0.2, 0.25) is 0 Å². The molecule has 2 aromatic rings. The fourth-order valence-corrected chi connectivity index (χ4v) is 3.59. The average molecular weight is 402 g/mol. The third-order valence-corrected chi connectivity index (χ3v) is 5.06. The highest BCUT2D eigenvalue weighted by molar-refractivity contribution is 7.80. The molecule has 2 heterocycles. The number of esters is 1. The lowest BCUT2D eigenvalue weighted by atomic mass is 10.1. The third-order valence-electron chi connectivity index (χ3n) is 4.81. The summed E-state index contributed by atoms with van der Waals surface area (Å²) in [6.45, 7) is 4.96. The Morgan fingerprint density at radius 3 is 2.61 bits per heavy atom. The second kappa shape index (κ2) is 10.2. The van der Waals surface area contributed by atoms with Gasteiger partial charge in [0.2, 0.25) is 0 Å². The average Bonchev–Trinajstić information content (AvgIpc) is 3.24. The van der Waals surface area contributed by atoms with Crippen LogP contribution >= 0.6 is 12.2 Å². The minimum atomic E-state index is -0.322. The number of nitrogens with zero attached hydrogens (tertiary/aromatic N) is 1. The quantitative estimate of drug-likeness (QED) is 0.537. The summed E-state index contributed by atoms with van der Waals surface area (Å²) in [5.74, 6) is 0.633. The van der Waals surface area contributed by atoms with E-state index in [1.807, 2.05) is 24.3 Å². The van der Waals surface area contributed by atoms with Crippen LogP contribution in [0.1, 0.15) is 48.3 Å². The topological polar surface area (TPSA) is 66.7 Å². The second-order valence-corrected chi connectivity index (χ2v) is 7.17. The monoisotopic (exact) mass is 401 g/mol. The highest BCUT2D eigenvalue weighted by Gasteiger charge is 2.24. The predicted octanol–water partition coefficient (Wildman–Crippen LogP) is 3.97. The van der Waals surface area contributed by atoms with Crippen molar-refractivity contribution in [2.75, 3.05) is 31.6 Å². The van der Waals surface area contributed by atoms with Crippen molar-refractivity contribution in [2.24, 2.45) is 0 Å². The maximum atomic E-state index is 11.7. The number of thiocarbonyl (C=S) groups is 1. The number of hydrogen-bond acceptors (Lipinski definition) is 5. The van der Waals surface area contributed by atoms with Gasteiger partial charge in [0.05, 0.1) is 24.5 Å². The van der Waals surface area contributed by atoms with Crippen molar-refractivity contribution in [1.82, 2.24) is 10.2 Å². The third kappa shape index (κ3) is 5.56. The Labute approximate surface area is 171 Å². The maximum absolute atomic E-state index is 11.7. The molecule has 1 atom stereocenters. The van der Waals surface area contributed by atoms with E-state index in [-0.39, 0.29) is 12.0 Å². The predicted molar refractivity (Wildman–Crippen MR) is 113 cm³/mol. The molecule has 0 spiro atoms. The van der Waals surface area contributed by atoms with E-state index in [1.165, 1.54) is 19.3 Å². The molecule has 7 heteroatoms. The number of hydrogen-bond donors (Lipinski definition) is 2. The van der Waals surface area contributed by atoms with Crippen LogP contribution in [-0.4, -0.2) is 42.2 Å². The van der Waals surface area contributed by atoms with Gasteiger partial charge in [0.15, 0.2) is 5.11 Å². The van der Waals surface area contributed by atoms with Crippen molar-refractivity contribution in [3.05, 3.63) is 54.0 Å². The summed E-state index contributed by atoms with van der Waals surface area (Å²) in [5.41, 5.74) is 1.34. The lowest BCUT2D eigenvalue weighted by Gasteiger charge is -2.33. The first-order valence-corrected chi connectivity index (χ1v) is 10.2. The van der Waals surface area contributed by atoms with Gasteiger partial charge in [-0.25, -0.2) is 4.79 Å². The number of furan rings is 1. The van der Waals surface area contributed by atoms with Gasteiger partial charge >= 0.3 is 5.97 Å². The van der Waals surface area contributed by atoms with Gasteiger partial charge in [-0.1, -0.05) is 6.42 Å². The molecule has 0 aliphatic carbocycles. The number of anilines is 1. The number of carbonyl (C=O) groups excluding carboxylic acids is 1. The summed E-state index contributed by atoms with van der Waals surface area (Å²) in [7, 11) is 0. The molecule has 2 N–H and O–H groups in total. The van der Waals surface area contributed by atoms with Gasteiger partial charge in [-0.3, -0.25) is 4.90 Å². The molecule has 3 rings (SSSR count). The van der Waals surface area contributed by atoms with E-state index in [0.29, 0.717) is 23.8 Å².